The molecule has 5 rings (SSSR count). The Morgan fingerprint density at radius 2 is 1.80 bits per heavy atom. The van der Waals surface area contributed by atoms with Gasteiger partial charge in [-0.1, -0.05) is 0 Å². The van der Waals surface area contributed by atoms with Crippen LogP contribution in [0.2, 0.25) is 0 Å². The third-order valence-electron chi connectivity index (χ3n) is 8.01. The van der Waals surface area contributed by atoms with Crippen LogP contribution in [-0.4, -0.2) is 131 Å². The number of carbonyl (C=O) groups excluding carboxylic acids is 3. The summed E-state index contributed by atoms with van der Waals surface area (Å²) in [6.07, 6.45) is -2.34. The van der Waals surface area contributed by atoms with Gasteiger partial charge in [-0.25, -0.2) is 0 Å². The van der Waals surface area contributed by atoms with E-state index in [1.807, 2.05) is 18.7 Å². The minimum Gasteiger partial charge on any atom is -0.388 e. The zero-order valence-corrected chi connectivity index (χ0v) is 20.5. The molecule has 7 atom stereocenters. The predicted octanol–water partition coefficient (Wildman–Crippen LogP) is -1.69. The van der Waals surface area contributed by atoms with Crippen LogP contribution >= 0.6 is 0 Å². The smallest absolute Gasteiger partial charge is 0.240 e. The van der Waals surface area contributed by atoms with Crippen molar-refractivity contribution >= 4 is 17.7 Å². The molecule has 1 aliphatic carbocycles. The molecular weight excluding hydrogens is 456 g/mol. The van der Waals surface area contributed by atoms with E-state index in [1.165, 1.54) is 0 Å². The third-order valence-corrected chi connectivity index (χ3v) is 8.01. The van der Waals surface area contributed by atoms with Crippen molar-refractivity contribution in [3.8, 4) is 0 Å². The second-order valence-corrected chi connectivity index (χ2v) is 11.0. The van der Waals surface area contributed by atoms with Gasteiger partial charge in [0.25, 0.3) is 0 Å². The molecule has 3 N–H and O–H groups in total. The van der Waals surface area contributed by atoms with Crippen LogP contribution in [-0.2, 0) is 23.9 Å². The van der Waals surface area contributed by atoms with E-state index in [2.05, 4.69) is 10.2 Å². The molecule has 5 aliphatic rings. The first-order valence-electron chi connectivity index (χ1n) is 13.0. The zero-order valence-electron chi connectivity index (χ0n) is 20.5. The summed E-state index contributed by atoms with van der Waals surface area (Å²) < 4.78 is 11.9. The number of carbonyl (C=O) groups is 3. The van der Waals surface area contributed by atoms with E-state index >= 15 is 0 Å². The summed E-state index contributed by atoms with van der Waals surface area (Å²) in [6.45, 7) is 6.30. The summed E-state index contributed by atoms with van der Waals surface area (Å²) in [7, 11) is 0. The predicted molar refractivity (Wildman–Crippen MR) is 123 cm³/mol. The molecule has 0 spiro atoms. The Labute approximate surface area is 205 Å². The van der Waals surface area contributed by atoms with E-state index in [4.69, 9.17) is 9.47 Å². The molecule has 0 aromatic rings. The molecule has 11 heteroatoms. The normalized spacial score (nSPS) is 39.3. The average molecular weight is 495 g/mol. The van der Waals surface area contributed by atoms with Crippen molar-refractivity contribution in [2.45, 2.75) is 88.2 Å². The Morgan fingerprint density at radius 3 is 2.51 bits per heavy atom. The van der Waals surface area contributed by atoms with E-state index < -0.39 is 24.4 Å². The van der Waals surface area contributed by atoms with Gasteiger partial charge >= 0.3 is 0 Å². The molecule has 3 amide bonds. The van der Waals surface area contributed by atoms with Crippen molar-refractivity contribution in [1.29, 1.82) is 0 Å². The summed E-state index contributed by atoms with van der Waals surface area (Å²) in [4.78, 5) is 45.1. The summed E-state index contributed by atoms with van der Waals surface area (Å²) in [6, 6.07) is -0.391. The van der Waals surface area contributed by atoms with E-state index in [9.17, 15) is 24.6 Å². The van der Waals surface area contributed by atoms with Crippen molar-refractivity contribution in [3.05, 3.63) is 0 Å². The van der Waals surface area contributed by atoms with Crippen LogP contribution in [0.1, 0.15) is 39.5 Å². The van der Waals surface area contributed by atoms with Crippen LogP contribution in [0.4, 0.5) is 0 Å². The first-order chi connectivity index (χ1) is 16.7. The summed E-state index contributed by atoms with van der Waals surface area (Å²) in [5, 5.41) is 24.3. The van der Waals surface area contributed by atoms with Gasteiger partial charge in [-0.05, 0) is 33.1 Å². The first kappa shape index (κ1) is 24.9. The molecule has 4 aliphatic heterocycles. The number of hydrogen-bond acceptors (Lipinski definition) is 8. The summed E-state index contributed by atoms with van der Waals surface area (Å²) in [5.41, 5.74) is 0. The summed E-state index contributed by atoms with van der Waals surface area (Å²) >= 11 is 0. The highest BCUT2D eigenvalue weighted by atomic mass is 16.5. The van der Waals surface area contributed by atoms with E-state index in [0.717, 1.165) is 12.8 Å². The number of nitrogens with one attached hydrogen (secondary N) is 1. The second-order valence-electron chi connectivity index (χ2n) is 11.0. The molecule has 0 unspecified atom stereocenters. The van der Waals surface area contributed by atoms with Gasteiger partial charge < -0.3 is 34.8 Å². The number of fused-ring (bicyclic) bond motifs is 6. The molecule has 1 saturated carbocycles. The van der Waals surface area contributed by atoms with Crippen molar-refractivity contribution < 1.29 is 34.1 Å². The Balaban J connectivity index is 1.41. The standard InChI is InChI=1S/C24H38N4O7/c1-13(2)28-9-15-7-17(28)24(33)26-5-6-34-16(10-26)11-27(23(32)14-3-4-14)12-19-22(31)21(30)18(35-19)8-20(29)25-15/h13-19,21-22,30-31H,3-12H2,1-2H3,(H,25,29)/t15-,16-,17-,18-,19+,21-,22+/m0/s1. The number of amides is 3. The van der Waals surface area contributed by atoms with Crippen LogP contribution in [0.15, 0.2) is 0 Å². The first-order valence-corrected chi connectivity index (χ1v) is 13.0. The molecule has 11 nitrogen and oxygen atoms in total. The van der Waals surface area contributed by atoms with Crippen molar-refractivity contribution in [1.82, 2.24) is 20.0 Å². The lowest BCUT2D eigenvalue weighted by molar-refractivity contribution is -0.148. The van der Waals surface area contributed by atoms with Gasteiger partial charge in [0.2, 0.25) is 17.7 Å². The number of rotatable bonds is 2. The van der Waals surface area contributed by atoms with Crippen molar-refractivity contribution in [2.24, 2.45) is 5.92 Å². The Hall–Kier alpha value is -1.79. The third kappa shape index (κ3) is 5.20. The minimum atomic E-state index is -1.22. The monoisotopic (exact) mass is 494 g/mol. The molecule has 0 radical (unpaired) electrons. The molecular formula is C24H38N4O7. The topological polar surface area (TPSA) is 132 Å². The Kier molecular flexibility index (Phi) is 7.06. The number of nitrogens with zero attached hydrogens (tertiary/aromatic N) is 3. The quantitative estimate of drug-likeness (QED) is 0.415. The number of hydrogen-bond donors (Lipinski definition) is 3. The number of aliphatic hydroxyl groups is 2. The molecule has 6 bridgehead atoms. The zero-order chi connectivity index (χ0) is 24.9. The fourth-order valence-corrected chi connectivity index (χ4v) is 5.94. The number of likely N-dealkylation sites (tertiary alicyclic amines) is 1. The number of morpholine rings is 1. The fourth-order valence-electron chi connectivity index (χ4n) is 5.94. The Bertz CT molecular complexity index is 837. The van der Waals surface area contributed by atoms with Gasteiger partial charge in [0.1, 0.15) is 18.3 Å². The van der Waals surface area contributed by atoms with Gasteiger partial charge in [0, 0.05) is 50.7 Å². The molecule has 4 heterocycles. The Morgan fingerprint density at radius 1 is 1.06 bits per heavy atom. The molecule has 196 valence electrons. The minimum absolute atomic E-state index is 0.0192. The van der Waals surface area contributed by atoms with Gasteiger partial charge in [0.15, 0.2) is 0 Å². The van der Waals surface area contributed by atoms with Gasteiger partial charge in [-0.2, -0.15) is 0 Å². The fraction of sp³-hybridized carbons (Fsp3) is 0.875. The number of ether oxygens (including phenoxy) is 2. The highest BCUT2D eigenvalue weighted by Crippen LogP contribution is 2.33. The van der Waals surface area contributed by atoms with Crippen molar-refractivity contribution in [3.63, 3.8) is 0 Å². The van der Waals surface area contributed by atoms with Gasteiger partial charge in [-0.15, -0.1) is 0 Å². The summed E-state index contributed by atoms with van der Waals surface area (Å²) in [5.74, 6) is -0.311. The highest BCUT2D eigenvalue weighted by molar-refractivity contribution is 5.83. The average Bonchev–Trinajstić information content (AvgIpc) is 3.54. The van der Waals surface area contributed by atoms with Crippen LogP contribution in [0, 0.1) is 5.92 Å². The second kappa shape index (κ2) is 9.93. The SMILES string of the molecule is CC(C)N1C[C@@H]2C[C@H]1C(=O)N1CCO[C@H](CN(C(=O)C3CC3)C[C@H]3O[C@@H](CC(=O)N2)[C@H](O)[C@@H]3O)C1. The van der Waals surface area contributed by atoms with E-state index in [0.29, 0.717) is 32.7 Å². The maximum absolute atomic E-state index is 13.6. The molecule has 5 fully saturated rings. The van der Waals surface area contributed by atoms with E-state index in [-0.39, 0.29) is 67.4 Å². The maximum atomic E-state index is 13.6. The van der Waals surface area contributed by atoms with Crippen molar-refractivity contribution in [2.75, 3.05) is 39.3 Å². The molecule has 4 saturated heterocycles. The van der Waals surface area contributed by atoms with Crippen LogP contribution in [0.3, 0.4) is 0 Å². The van der Waals surface area contributed by atoms with Gasteiger partial charge in [0.05, 0.1) is 31.3 Å². The number of aliphatic hydroxyl groups excluding tert-OH is 2. The highest BCUT2D eigenvalue weighted by Gasteiger charge is 2.47. The van der Waals surface area contributed by atoms with Gasteiger partial charge in [-0.3, -0.25) is 19.3 Å². The lowest BCUT2D eigenvalue weighted by Gasteiger charge is -2.39. The van der Waals surface area contributed by atoms with Crippen LogP contribution < -0.4 is 5.32 Å². The van der Waals surface area contributed by atoms with E-state index in [1.54, 1.807) is 4.90 Å². The largest absolute Gasteiger partial charge is 0.388 e. The van der Waals surface area contributed by atoms with Crippen LogP contribution in [0.5, 0.6) is 0 Å². The molecule has 0 aromatic heterocycles. The molecule has 35 heavy (non-hydrogen) atoms. The van der Waals surface area contributed by atoms with Crippen LogP contribution in [0.25, 0.3) is 0 Å². The lowest BCUT2D eigenvalue weighted by Crippen LogP contribution is -2.56. The molecule has 0 aromatic carbocycles. The maximum Gasteiger partial charge on any atom is 0.240 e. The lowest BCUT2D eigenvalue weighted by atomic mass is 10.0.